The first kappa shape index (κ1) is 28.5. The van der Waals surface area contributed by atoms with E-state index in [1.54, 1.807) is 32.1 Å². The number of amidine groups is 1. The van der Waals surface area contributed by atoms with Crippen LogP contribution in [0.4, 0.5) is 0 Å². The lowest BCUT2D eigenvalue weighted by Crippen LogP contribution is -2.37. The van der Waals surface area contributed by atoms with E-state index in [4.69, 9.17) is 25.4 Å². The third kappa shape index (κ3) is 7.89. The molecule has 0 atom stereocenters. The average molecular weight is 508 g/mol. The lowest BCUT2D eigenvalue weighted by molar-refractivity contribution is -0.147. The molecule has 2 aromatic rings. The molecule has 2 aromatic carbocycles. The van der Waals surface area contributed by atoms with Crippen LogP contribution in [-0.4, -0.2) is 61.4 Å². The topological polar surface area (TPSA) is 149 Å². The molecule has 194 valence electrons. The highest BCUT2D eigenvalue weighted by Gasteiger charge is 2.20. The highest BCUT2D eigenvalue weighted by Crippen LogP contribution is 2.23. The van der Waals surface area contributed by atoms with Crippen molar-refractivity contribution in [2.75, 3.05) is 26.8 Å². The van der Waals surface area contributed by atoms with E-state index in [0.29, 0.717) is 11.1 Å². The van der Waals surface area contributed by atoms with E-state index in [1.165, 1.54) is 48.4 Å². The number of nitrogens with one attached hydrogen (secondary N) is 1. The Balaban J connectivity index is 2.19. The number of benzene rings is 2. The summed E-state index contributed by atoms with van der Waals surface area (Å²) in [6, 6.07) is 10.4. The summed E-state index contributed by atoms with van der Waals surface area (Å²) in [5, 5.41) is 7.53. The Morgan fingerprint density at radius 1 is 1.05 bits per heavy atom. The van der Waals surface area contributed by atoms with Crippen molar-refractivity contribution in [1.82, 2.24) is 4.90 Å². The smallest absolute Gasteiger partial charge is 0.343 e. The molecule has 0 aromatic heterocycles. The monoisotopic (exact) mass is 507 g/mol. The summed E-state index contributed by atoms with van der Waals surface area (Å²) in [5.74, 6) is -2.65. The molecule has 0 fully saturated rings. The van der Waals surface area contributed by atoms with Gasteiger partial charge < -0.3 is 24.8 Å². The zero-order valence-corrected chi connectivity index (χ0v) is 20.9. The molecule has 0 bridgehead atoms. The number of hydrogen-bond donors (Lipinski definition) is 2. The second kappa shape index (κ2) is 13.4. The van der Waals surface area contributed by atoms with Crippen LogP contribution in [0.2, 0.25) is 0 Å². The fraction of sp³-hybridized carbons (Fsp3) is 0.222. The van der Waals surface area contributed by atoms with Crippen LogP contribution in [0.1, 0.15) is 45.7 Å². The summed E-state index contributed by atoms with van der Waals surface area (Å²) in [4.78, 5) is 50.7. The maximum absolute atomic E-state index is 12.8. The van der Waals surface area contributed by atoms with Gasteiger partial charge in [0.15, 0.2) is 0 Å². The normalized spacial score (nSPS) is 10.7. The summed E-state index contributed by atoms with van der Waals surface area (Å²) < 4.78 is 15.0. The van der Waals surface area contributed by atoms with Gasteiger partial charge in [0.2, 0.25) is 5.91 Å². The number of carbonyl (C=O) groups is 4. The van der Waals surface area contributed by atoms with Crippen molar-refractivity contribution in [2.45, 2.75) is 13.8 Å². The number of nitrogens with zero attached hydrogens (tertiary/aromatic N) is 1. The molecular weight excluding hydrogens is 478 g/mol. The van der Waals surface area contributed by atoms with Gasteiger partial charge in [-0.05, 0) is 55.8 Å². The number of carbonyl (C=O) groups excluding carboxylic acids is 4. The molecule has 0 aliphatic carbocycles. The summed E-state index contributed by atoms with van der Waals surface area (Å²) in [7, 11) is 1.18. The number of esters is 3. The molecule has 10 heteroatoms. The SMILES string of the molecule is C=CCN(CC(=O)OCC)C(=O)C(C)=Cc1ccc(C(=O)Oc2ccc(C(=N)N)cc2C(=O)OC)cc1. The Bertz CT molecular complexity index is 1230. The molecule has 0 heterocycles. The number of methoxy groups -OCH3 is 1. The van der Waals surface area contributed by atoms with Gasteiger partial charge >= 0.3 is 17.9 Å². The van der Waals surface area contributed by atoms with E-state index >= 15 is 0 Å². The minimum atomic E-state index is -0.750. The van der Waals surface area contributed by atoms with Crippen LogP contribution >= 0.6 is 0 Å². The standard InChI is InChI=1S/C27H29N3O7/c1-5-13-30(16-23(31)36-6-2)25(32)17(3)14-18-7-9-19(10-8-18)26(33)37-22-12-11-20(24(28)29)15-21(22)27(34)35-4/h5,7-12,14-15H,1,6,13,16H2,2-4H3,(H3,28,29). The minimum absolute atomic E-state index is 0.0452. The Labute approximate surface area is 214 Å². The molecule has 0 aliphatic heterocycles. The number of amides is 1. The molecule has 1 amide bonds. The predicted molar refractivity (Wildman–Crippen MR) is 137 cm³/mol. The van der Waals surface area contributed by atoms with Crippen molar-refractivity contribution in [3.63, 3.8) is 0 Å². The Hall–Kier alpha value is -4.73. The lowest BCUT2D eigenvalue weighted by atomic mass is 10.1. The third-order valence-electron chi connectivity index (χ3n) is 5.03. The zero-order chi connectivity index (χ0) is 27.5. The van der Waals surface area contributed by atoms with Gasteiger partial charge in [0.05, 0.1) is 19.3 Å². The summed E-state index contributed by atoms with van der Waals surface area (Å²) in [6.07, 6.45) is 3.14. The van der Waals surface area contributed by atoms with E-state index in [-0.39, 0.29) is 53.9 Å². The Morgan fingerprint density at radius 3 is 2.27 bits per heavy atom. The molecule has 3 N–H and O–H groups in total. The second-order valence-corrected chi connectivity index (χ2v) is 7.73. The number of nitrogen functional groups attached to an aromatic ring is 1. The van der Waals surface area contributed by atoms with Crippen LogP contribution in [-0.2, 0) is 19.1 Å². The first-order valence-corrected chi connectivity index (χ1v) is 11.2. The maximum Gasteiger partial charge on any atom is 0.343 e. The molecule has 0 saturated carbocycles. The fourth-order valence-electron chi connectivity index (χ4n) is 3.23. The van der Waals surface area contributed by atoms with Crippen molar-refractivity contribution in [3.05, 3.63) is 82.9 Å². The molecule has 37 heavy (non-hydrogen) atoms. The van der Waals surface area contributed by atoms with E-state index < -0.39 is 17.9 Å². The molecule has 0 unspecified atom stereocenters. The summed E-state index contributed by atoms with van der Waals surface area (Å²) in [6.45, 7) is 7.11. The molecule has 10 nitrogen and oxygen atoms in total. The van der Waals surface area contributed by atoms with Gasteiger partial charge in [-0.3, -0.25) is 15.0 Å². The van der Waals surface area contributed by atoms with Crippen LogP contribution in [0, 0.1) is 5.41 Å². The summed E-state index contributed by atoms with van der Waals surface area (Å²) >= 11 is 0. The number of ether oxygens (including phenoxy) is 3. The highest BCUT2D eigenvalue weighted by atomic mass is 16.5. The fourth-order valence-corrected chi connectivity index (χ4v) is 3.23. The Morgan fingerprint density at radius 2 is 1.70 bits per heavy atom. The van der Waals surface area contributed by atoms with Crippen molar-refractivity contribution >= 4 is 35.7 Å². The average Bonchev–Trinajstić information content (AvgIpc) is 2.88. The van der Waals surface area contributed by atoms with Crippen LogP contribution in [0.25, 0.3) is 6.08 Å². The largest absolute Gasteiger partial charge is 0.465 e. The van der Waals surface area contributed by atoms with Gasteiger partial charge in [-0.25, -0.2) is 9.59 Å². The van der Waals surface area contributed by atoms with Crippen molar-refractivity contribution in [3.8, 4) is 5.75 Å². The predicted octanol–water partition coefficient (Wildman–Crippen LogP) is 2.96. The molecule has 2 rings (SSSR count). The van der Waals surface area contributed by atoms with Gasteiger partial charge in [-0.2, -0.15) is 0 Å². The lowest BCUT2D eigenvalue weighted by Gasteiger charge is -2.20. The zero-order valence-electron chi connectivity index (χ0n) is 20.9. The number of nitrogens with two attached hydrogens (primary N) is 1. The van der Waals surface area contributed by atoms with E-state index in [9.17, 15) is 19.2 Å². The first-order valence-electron chi connectivity index (χ1n) is 11.2. The van der Waals surface area contributed by atoms with E-state index in [2.05, 4.69) is 6.58 Å². The Kier molecular flexibility index (Phi) is 10.3. The van der Waals surface area contributed by atoms with Gasteiger partial charge in [-0.15, -0.1) is 6.58 Å². The van der Waals surface area contributed by atoms with Crippen LogP contribution in [0.5, 0.6) is 5.75 Å². The van der Waals surface area contributed by atoms with Crippen molar-refractivity contribution in [1.29, 1.82) is 5.41 Å². The molecule has 0 spiro atoms. The molecule has 0 radical (unpaired) electrons. The van der Waals surface area contributed by atoms with Gasteiger partial charge in [0.1, 0.15) is 23.7 Å². The van der Waals surface area contributed by atoms with Crippen molar-refractivity contribution in [2.24, 2.45) is 5.73 Å². The third-order valence-corrected chi connectivity index (χ3v) is 5.03. The maximum atomic E-state index is 12.8. The van der Waals surface area contributed by atoms with Crippen LogP contribution in [0.15, 0.2) is 60.7 Å². The van der Waals surface area contributed by atoms with Gasteiger partial charge in [0.25, 0.3) is 0 Å². The molecule has 0 saturated heterocycles. The van der Waals surface area contributed by atoms with Gasteiger partial charge in [0, 0.05) is 17.7 Å². The minimum Gasteiger partial charge on any atom is -0.465 e. The second-order valence-electron chi connectivity index (χ2n) is 7.73. The van der Waals surface area contributed by atoms with Crippen LogP contribution < -0.4 is 10.5 Å². The first-order chi connectivity index (χ1) is 17.6. The van der Waals surface area contributed by atoms with E-state index in [1.807, 2.05) is 0 Å². The van der Waals surface area contributed by atoms with Crippen LogP contribution in [0.3, 0.4) is 0 Å². The highest BCUT2D eigenvalue weighted by molar-refractivity contribution is 6.01. The molecular formula is C27H29N3O7. The van der Waals surface area contributed by atoms with E-state index in [0.717, 1.165) is 0 Å². The van der Waals surface area contributed by atoms with Gasteiger partial charge in [-0.1, -0.05) is 18.2 Å². The quantitative estimate of drug-likeness (QED) is 0.118. The summed E-state index contributed by atoms with van der Waals surface area (Å²) in [5.41, 5.74) is 6.90. The number of rotatable bonds is 11. The molecule has 0 aliphatic rings. The van der Waals surface area contributed by atoms with Crippen molar-refractivity contribution < 1.29 is 33.4 Å². The number of hydrogen-bond acceptors (Lipinski definition) is 8.